The summed E-state index contributed by atoms with van der Waals surface area (Å²) in [5, 5.41) is 15.3. The summed E-state index contributed by atoms with van der Waals surface area (Å²) in [6.07, 6.45) is 0. The van der Waals surface area contributed by atoms with Crippen molar-refractivity contribution < 1.29 is 13.3 Å². The van der Waals surface area contributed by atoms with Gasteiger partial charge in [0.1, 0.15) is 4.90 Å². The van der Waals surface area contributed by atoms with Crippen molar-refractivity contribution in [3.63, 3.8) is 0 Å². The zero-order valence-electron chi connectivity index (χ0n) is 15.0. The molecule has 0 atom stereocenters. The van der Waals surface area contributed by atoms with Gasteiger partial charge in [0.15, 0.2) is 0 Å². The quantitative estimate of drug-likeness (QED) is 0.384. The highest BCUT2D eigenvalue weighted by Gasteiger charge is 2.27. The third-order valence-electron chi connectivity index (χ3n) is 3.77. The molecule has 1 aromatic heterocycles. The maximum Gasteiger partial charge on any atom is 0.270 e. The molecule has 2 aromatic rings. The van der Waals surface area contributed by atoms with Crippen molar-refractivity contribution in [2.75, 3.05) is 18.5 Å². The number of rotatable bonds is 8. The second-order valence-corrected chi connectivity index (χ2v) is 9.06. The first-order valence-electron chi connectivity index (χ1n) is 8.05. The molecule has 0 aliphatic heterocycles. The van der Waals surface area contributed by atoms with Crippen LogP contribution in [0, 0.1) is 10.1 Å². The van der Waals surface area contributed by atoms with Gasteiger partial charge in [0, 0.05) is 25.2 Å². The Morgan fingerprint density at radius 3 is 2.48 bits per heavy atom. The molecule has 146 valence electrons. The molecule has 1 aromatic carbocycles. The summed E-state index contributed by atoms with van der Waals surface area (Å²) in [6.45, 7) is 5.65. The van der Waals surface area contributed by atoms with Gasteiger partial charge in [0.05, 0.1) is 25.5 Å². The molecule has 1 N–H and O–H groups in total. The largest absolute Gasteiger partial charge is 0.277 e. The molecule has 0 aliphatic rings. The minimum atomic E-state index is -3.92. The number of hydrazone groups is 1. The molecule has 0 radical (unpaired) electrons. The van der Waals surface area contributed by atoms with Crippen molar-refractivity contribution in [2.45, 2.75) is 25.7 Å². The zero-order valence-corrected chi connectivity index (χ0v) is 17.4. The summed E-state index contributed by atoms with van der Waals surface area (Å²) in [7, 11) is -3.92. The second kappa shape index (κ2) is 8.79. The minimum absolute atomic E-state index is 0.162. The zero-order chi connectivity index (χ0) is 20.2. The molecule has 27 heavy (non-hydrogen) atoms. The van der Waals surface area contributed by atoms with E-state index in [4.69, 9.17) is 11.6 Å². The molecule has 0 spiro atoms. The SMILES string of the molecule is CCN(CC)S(=O)(=O)c1cc([N+](=O)[O-])ccc1NN=C(C)c1ccc(Cl)s1. The number of nitro groups is 1. The first kappa shape index (κ1) is 21.3. The van der Waals surface area contributed by atoms with E-state index in [0.29, 0.717) is 10.0 Å². The number of nitro benzene ring substituents is 1. The smallest absolute Gasteiger partial charge is 0.270 e. The molecular formula is C16H19ClN4O4S2. The lowest BCUT2D eigenvalue weighted by Crippen LogP contribution is -2.31. The number of thiophene rings is 1. The summed E-state index contributed by atoms with van der Waals surface area (Å²) < 4.78 is 27.7. The Morgan fingerprint density at radius 1 is 1.30 bits per heavy atom. The van der Waals surface area contributed by atoms with Crippen molar-refractivity contribution >= 4 is 50.0 Å². The van der Waals surface area contributed by atoms with Crippen molar-refractivity contribution in [1.29, 1.82) is 0 Å². The molecule has 0 unspecified atom stereocenters. The average Bonchev–Trinajstić information content (AvgIpc) is 3.06. The fourth-order valence-electron chi connectivity index (χ4n) is 2.34. The topological polar surface area (TPSA) is 105 Å². The van der Waals surface area contributed by atoms with Crippen molar-refractivity contribution in [3.8, 4) is 0 Å². The molecule has 8 nitrogen and oxygen atoms in total. The third kappa shape index (κ3) is 4.83. The van der Waals surface area contributed by atoms with Crippen molar-refractivity contribution in [3.05, 3.63) is 49.7 Å². The molecule has 0 saturated heterocycles. The van der Waals surface area contributed by atoms with Crippen LogP contribution in [0.3, 0.4) is 0 Å². The van der Waals surface area contributed by atoms with E-state index in [9.17, 15) is 18.5 Å². The number of halogens is 1. The van der Waals surface area contributed by atoms with Crippen LogP contribution in [0.25, 0.3) is 0 Å². The van der Waals surface area contributed by atoms with Crippen LogP contribution in [-0.4, -0.2) is 36.4 Å². The average molecular weight is 431 g/mol. The lowest BCUT2D eigenvalue weighted by molar-refractivity contribution is -0.385. The summed E-state index contributed by atoms with van der Waals surface area (Å²) in [6, 6.07) is 7.16. The molecule has 0 fully saturated rings. The predicted molar refractivity (Wildman–Crippen MR) is 108 cm³/mol. The Bertz CT molecular complexity index is 969. The Labute approximate surface area is 166 Å². The standard InChI is InChI=1S/C16H19ClN4O4S2/c1-4-20(5-2)27(24,25)15-10-12(21(22)23)6-7-13(15)19-18-11(3)14-8-9-16(17)26-14/h6-10,19H,4-5H2,1-3H3. The van der Waals surface area contributed by atoms with Gasteiger partial charge in [-0.1, -0.05) is 25.4 Å². The van der Waals surface area contributed by atoms with Crippen LogP contribution in [-0.2, 0) is 10.0 Å². The number of benzene rings is 1. The normalized spacial score (nSPS) is 12.4. The fourth-order valence-corrected chi connectivity index (χ4v) is 4.95. The van der Waals surface area contributed by atoms with Gasteiger partial charge in [-0.2, -0.15) is 9.41 Å². The van der Waals surface area contributed by atoms with Crippen LogP contribution in [0.1, 0.15) is 25.6 Å². The van der Waals surface area contributed by atoms with E-state index >= 15 is 0 Å². The second-order valence-electron chi connectivity index (χ2n) is 5.44. The van der Waals surface area contributed by atoms with Crippen molar-refractivity contribution in [1.82, 2.24) is 4.31 Å². The first-order valence-corrected chi connectivity index (χ1v) is 10.7. The number of nitrogens with one attached hydrogen (secondary N) is 1. The van der Waals surface area contributed by atoms with Gasteiger partial charge in [-0.3, -0.25) is 15.5 Å². The lowest BCUT2D eigenvalue weighted by Gasteiger charge is -2.20. The predicted octanol–water partition coefficient (Wildman–Crippen LogP) is 4.18. The van der Waals surface area contributed by atoms with E-state index in [2.05, 4.69) is 10.5 Å². The van der Waals surface area contributed by atoms with Gasteiger partial charge < -0.3 is 0 Å². The summed E-state index contributed by atoms with van der Waals surface area (Å²) in [4.78, 5) is 11.1. The number of sulfonamides is 1. The summed E-state index contributed by atoms with van der Waals surface area (Å²) in [5.41, 5.74) is 3.18. The highest BCUT2D eigenvalue weighted by Crippen LogP contribution is 2.29. The van der Waals surface area contributed by atoms with Gasteiger partial charge in [-0.25, -0.2) is 8.42 Å². The summed E-state index contributed by atoms with van der Waals surface area (Å²) in [5.74, 6) is 0. The summed E-state index contributed by atoms with van der Waals surface area (Å²) >= 11 is 7.25. The maximum atomic E-state index is 12.9. The first-order chi connectivity index (χ1) is 12.7. The van der Waals surface area contributed by atoms with E-state index in [0.717, 1.165) is 10.9 Å². The molecule has 0 aliphatic carbocycles. The van der Waals surface area contributed by atoms with Crippen LogP contribution in [0.5, 0.6) is 0 Å². The third-order valence-corrected chi connectivity index (χ3v) is 7.20. The van der Waals surface area contributed by atoms with Crippen molar-refractivity contribution in [2.24, 2.45) is 5.10 Å². The molecule has 0 amide bonds. The lowest BCUT2D eigenvalue weighted by atomic mass is 10.3. The van der Waals surface area contributed by atoms with E-state index in [-0.39, 0.29) is 29.4 Å². The van der Waals surface area contributed by atoms with Crippen LogP contribution >= 0.6 is 22.9 Å². The number of nitrogens with zero attached hydrogens (tertiary/aromatic N) is 3. The molecule has 1 heterocycles. The van der Waals surface area contributed by atoms with Gasteiger partial charge in [-0.15, -0.1) is 11.3 Å². The molecule has 0 bridgehead atoms. The molecular weight excluding hydrogens is 412 g/mol. The highest BCUT2D eigenvalue weighted by molar-refractivity contribution is 7.89. The van der Waals surface area contributed by atoms with Gasteiger partial charge in [0.2, 0.25) is 10.0 Å². The molecule has 0 saturated carbocycles. The van der Waals surface area contributed by atoms with Gasteiger partial charge in [-0.05, 0) is 25.1 Å². The van der Waals surface area contributed by atoms with E-state index in [1.165, 1.54) is 27.8 Å². The van der Waals surface area contributed by atoms with Crippen LogP contribution < -0.4 is 5.43 Å². The maximum absolute atomic E-state index is 12.9. The fraction of sp³-hybridized carbons (Fsp3) is 0.312. The Hall–Kier alpha value is -2.01. The van der Waals surface area contributed by atoms with Crippen LogP contribution in [0.15, 0.2) is 40.3 Å². The number of non-ortho nitro benzene ring substituents is 1. The molecule has 11 heteroatoms. The van der Waals surface area contributed by atoms with E-state index in [1.54, 1.807) is 32.9 Å². The molecule has 2 rings (SSSR count). The van der Waals surface area contributed by atoms with Gasteiger partial charge >= 0.3 is 0 Å². The number of hydrogen-bond acceptors (Lipinski definition) is 7. The van der Waals surface area contributed by atoms with E-state index < -0.39 is 14.9 Å². The van der Waals surface area contributed by atoms with E-state index in [1.807, 2.05) is 0 Å². The number of anilines is 1. The Morgan fingerprint density at radius 2 is 1.96 bits per heavy atom. The van der Waals surface area contributed by atoms with Crippen LogP contribution in [0.4, 0.5) is 11.4 Å². The monoisotopic (exact) mass is 430 g/mol. The number of hydrogen-bond donors (Lipinski definition) is 1. The Balaban J connectivity index is 2.48. The highest BCUT2D eigenvalue weighted by atomic mass is 35.5. The van der Waals surface area contributed by atoms with Crippen LogP contribution in [0.2, 0.25) is 4.34 Å². The Kier molecular flexibility index (Phi) is 6.93. The minimum Gasteiger partial charge on any atom is -0.277 e. The van der Waals surface area contributed by atoms with Gasteiger partial charge in [0.25, 0.3) is 5.69 Å².